The summed E-state index contributed by atoms with van der Waals surface area (Å²) in [7, 11) is 0. The molecule has 0 heterocycles. The van der Waals surface area contributed by atoms with Gasteiger partial charge in [-0.25, -0.2) is 4.79 Å². The third-order valence-electron chi connectivity index (χ3n) is 2.99. The highest BCUT2D eigenvalue weighted by Gasteiger charge is 2.24. The summed E-state index contributed by atoms with van der Waals surface area (Å²) in [4.78, 5) is 11.3. The van der Waals surface area contributed by atoms with E-state index in [9.17, 15) is 15.0 Å². The van der Waals surface area contributed by atoms with Crippen molar-refractivity contribution in [2.75, 3.05) is 0 Å². The number of carboxylic acid groups (broad SMARTS) is 1. The van der Waals surface area contributed by atoms with Gasteiger partial charge in [-0.15, -0.1) is 0 Å². The van der Waals surface area contributed by atoms with Gasteiger partial charge < -0.3 is 10.2 Å². The molecule has 0 aliphatic heterocycles. The van der Waals surface area contributed by atoms with Crippen LogP contribution in [0.5, 0.6) is 5.75 Å². The fourth-order valence-corrected chi connectivity index (χ4v) is 2.29. The maximum Gasteiger partial charge on any atom is 0.336 e. The van der Waals surface area contributed by atoms with E-state index in [4.69, 9.17) is 0 Å². The van der Waals surface area contributed by atoms with Crippen LogP contribution < -0.4 is 0 Å². The summed E-state index contributed by atoms with van der Waals surface area (Å²) >= 11 is 0. The summed E-state index contributed by atoms with van der Waals surface area (Å²) in [5, 5.41) is 20.6. The fraction of sp³-hybridized carbons (Fsp3) is 0.267. The zero-order valence-electron chi connectivity index (χ0n) is 10.7. The smallest absolute Gasteiger partial charge is 0.336 e. The van der Waals surface area contributed by atoms with Crippen molar-refractivity contribution in [1.82, 2.24) is 0 Å². The lowest BCUT2D eigenvalue weighted by Gasteiger charge is -2.23. The lowest BCUT2D eigenvalue weighted by molar-refractivity contribution is 0.0694. The van der Waals surface area contributed by atoms with Gasteiger partial charge in [0.25, 0.3) is 0 Å². The second-order valence-electron chi connectivity index (χ2n) is 5.45. The molecular formula is C15H16O3. The molecule has 3 heteroatoms. The number of aromatic hydroxyl groups is 1. The van der Waals surface area contributed by atoms with Gasteiger partial charge in [0.05, 0.1) is 5.56 Å². The number of phenols is 1. The summed E-state index contributed by atoms with van der Waals surface area (Å²) in [5.74, 6) is -0.791. The normalized spacial score (nSPS) is 11.7. The van der Waals surface area contributed by atoms with Crippen LogP contribution in [-0.4, -0.2) is 16.2 Å². The molecule has 0 spiro atoms. The predicted octanol–water partition coefficient (Wildman–Crippen LogP) is 3.54. The zero-order valence-corrected chi connectivity index (χ0v) is 10.7. The monoisotopic (exact) mass is 244 g/mol. The summed E-state index contributed by atoms with van der Waals surface area (Å²) in [6.45, 7) is 5.91. The first-order chi connectivity index (χ1) is 8.30. The standard InChI is InChI=1S/C15H16O3/c1-15(2,3)13-11(14(17)18)7-5-9-4-6-10(16)8-12(9)13/h4-8,16H,1-3H3,(H,17,18). The summed E-state index contributed by atoms with van der Waals surface area (Å²) < 4.78 is 0. The quantitative estimate of drug-likeness (QED) is 0.806. The summed E-state index contributed by atoms with van der Waals surface area (Å²) in [5.41, 5.74) is 0.741. The Morgan fingerprint density at radius 1 is 1.11 bits per heavy atom. The molecule has 0 aliphatic carbocycles. The van der Waals surface area contributed by atoms with Crippen LogP contribution in [0, 0.1) is 0 Å². The third kappa shape index (κ3) is 2.04. The molecule has 0 aliphatic rings. The number of aromatic carboxylic acids is 1. The van der Waals surface area contributed by atoms with Crippen LogP contribution >= 0.6 is 0 Å². The van der Waals surface area contributed by atoms with Crippen molar-refractivity contribution in [2.24, 2.45) is 0 Å². The Labute approximate surface area is 106 Å². The highest BCUT2D eigenvalue weighted by Crippen LogP contribution is 2.34. The average Bonchev–Trinajstić information content (AvgIpc) is 2.25. The van der Waals surface area contributed by atoms with Crippen molar-refractivity contribution in [3.63, 3.8) is 0 Å². The average molecular weight is 244 g/mol. The second-order valence-corrected chi connectivity index (χ2v) is 5.45. The van der Waals surface area contributed by atoms with Crippen molar-refractivity contribution in [3.05, 3.63) is 41.5 Å². The van der Waals surface area contributed by atoms with Crippen molar-refractivity contribution >= 4 is 16.7 Å². The van der Waals surface area contributed by atoms with E-state index in [2.05, 4.69) is 0 Å². The van der Waals surface area contributed by atoms with Gasteiger partial charge in [0, 0.05) is 0 Å². The highest BCUT2D eigenvalue weighted by molar-refractivity contribution is 5.99. The van der Waals surface area contributed by atoms with Crippen LogP contribution in [0.3, 0.4) is 0 Å². The molecule has 0 radical (unpaired) electrons. The maximum absolute atomic E-state index is 11.3. The Morgan fingerprint density at radius 3 is 2.28 bits per heavy atom. The lowest BCUT2D eigenvalue weighted by atomic mass is 9.80. The van der Waals surface area contributed by atoms with Gasteiger partial charge >= 0.3 is 5.97 Å². The molecule has 2 aromatic rings. The van der Waals surface area contributed by atoms with E-state index in [0.29, 0.717) is 5.56 Å². The molecule has 0 saturated heterocycles. The minimum Gasteiger partial charge on any atom is -0.508 e. The lowest BCUT2D eigenvalue weighted by Crippen LogP contribution is -2.17. The van der Waals surface area contributed by atoms with Crippen LogP contribution in [0.2, 0.25) is 0 Å². The molecule has 3 nitrogen and oxygen atoms in total. The van der Waals surface area contributed by atoms with Gasteiger partial charge in [-0.05, 0) is 39.9 Å². The van der Waals surface area contributed by atoms with Crippen molar-refractivity contribution in [3.8, 4) is 5.75 Å². The number of hydrogen-bond acceptors (Lipinski definition) is 2. The van der Waals surface area contributed by atoms with Gasteiger partial charge in [-0.3, -0.25) is 0 Å². The van der Waals surface area contributed by atoms with Gasteiger partial charge in [-0.1, -0.05) is 32.9 Å². The van der Waals surface area contributed by atoms with Crippen LogP contribution in [-0.2, 0) is 5.41 Å². The third-order valence-corrected chi connectivity index (χ3v) is 2.99. The molecule has 0 fully saturated rings. The van der Waals surface area contributed by atoms with E-state index in [1.54, 1.807) is 30.3 Å². The molecule has 0 atom stereocenters. The first-order valence-electron chi connectivity index (χ1n) is 5.80. The van der Waals surface area contributed by atoms with E-state index < -0.39 is 5.97 Å². The zero-order chi connectivity index (χ0) is 13.5. The summed E-state index contributed by atoms with van der Waals surface area (Å²) in [6, 6.07) is 8.43. The van der Waals surface area contributed by atoms with Crippen LogP contribution in [0.15, 0.2) is 30.3 Å². The first-order valence-corrected chi connectivity index (χ1v) is 5.80. The molecule has 94 valence electrons. The molecule has 0 aromatic heterocycles. The first kappa shape index (κ1) is 12.4. The number of benzene rings is 2. The molecular weight excluding hydrogens is 228 g/mol. The molecule has 0 amide bonds. The second kappa shape index (κ2) is 4.02. The number of carboxylic acids is 1. The Bertz CT molecular complexity index is 621. The largest absolute Gasteiger partial charge is 0.508 e. The van der Waals surface area contributed by atoms with Crippen molar-refractivity contribution in [1.29, 1.82) is 0 Å². The molecule has 2 aromatic carbocycles. The van der Waals surface area contributed by atoms with Gasteiger partial charge in [0.15, 0.2) is 0 Å². The Morgan fingerprint density at radius 2 is 1.72 bits per heavy atom. The molecule has 0 unspecified atom stereocenters. The van der Waals surface area contributed by atoms with Crippen LogP contribution in [0.25, 0.3) is 10.8 Å². The van der Waals surface area contributed by atoms with Crippen molar-refractivity contribution < 1.29 is 15.0 Å². The fourth-order valence-electron chi connectivity index (χ4n) is 2.29. The topological polar surface area (TPSA) is 57.5 Å². The van der Waals surface area contributed by atoms with E-state index >= 15 is 0 Å². The van der Waals surface area contributed by atoms with E-state index in [0.717, 1.165) is 16.3 Å². The Balaban J connectivity index is 2.93. The number of rotatable bonds is 1. The number of hydrogen-bond donors (Lipinski definition) is 2. The predicted molar refractivity (Wildman–Crippen MR) is 71.3 cm³/mol. The van der Waals surface area contributed by atoms with E-state index in [-0.39, 0.29) is 11.2 Å². The molecule has 0 bridgehead atoms. The van der Waals surface area contributed by atoms with E-state index in [1.165, 1.54) is 0 Å². The number of phenolic OH excluding ortho intramolecular Hbond substituents is 1. The SMILES string of the molecule is CC(C)(C)c1c(C(=O)O)ccc2ccc(O)cc12. The van der Waals surface area contributed by atoms with Gasteiger partial charge in [0.1, 0.15) is 5.75 Å². The Hall–Kier alpha value is -2.03. The maximum atomic E-state index is 11.3. The molecule has 2 rings (SSSR count). The number of fused-ring (bicyclic) bond motifs is 1. The number of carbonyl (C=O) groups is 1. The van der Waals surface area contributed by atoms with Crippen LogP contribution in [0.1, 0.15) is 36.7 Å². The van der Waals surface area contributed by atoms with E-state index in [1.807, 2.05) is 20.8 Å². The van der Waals surface area contributed by atoms with Crippen molar-refractivity contribution in [2.45, 2.75) is 26.2 Å². The minimum atomic E-state index is -0.940. The highest BCUT2D eigenvalue weighted by atomic mass is 16.4. The molecule has 2 N–H and O–H groups in total. The molecule has 18 heavy (non-hydrogen) atoms. The minimum absolute atomic E-state index is 0.149. The Kier molecular flexibility index (Phi) is 2.77. The van der Waals surface area contributed by atoms with Gasteiger partial charge in [0.2, 0.25) is 0 Å². The molecule has 0 saturated carbocycles. The van der Waals surface area contributed by atoms with Crippen LogP contribution in [0.4, 0.5) is 0 Å². The summed E-state index contributed by atoms with van der Waals surface area (Å²) in [6.07, 6.45) is 0. The van der Waals surface area contributed by atoms with Gasteiger partial charge in [-0.2, -0.15) is 0 Å².